The molecule has 1 N–H and O–H groups in total. The van der Waals surface area contributed by atoms with Crippen LogP contribution in [0.3, 0.4) is 0 Å². The lowest BCUT2D eigenvalue weighted by molar-refractivity contribution is -0.141. The summed E-state index contributed by atoms with van der Waals surface area (Å²) in [4.78, 5) is 41.7. The Balaban J connectivity index is 1.50. The molecule has 3 heterocycles. The first-order valence-electron chi connectivity index (χ1n) is 10.3. The molecule has 29 heavy (non-hydrogen) atoms. The van der Waals surface area contributed by atoms with E-state index in [0.717, 1.165) is 48.0 Å². The lowest BCUT2D eigenvalue weighted by atomic mass is 9.73. The quantitative estimate of drug-likeness (QED) is 0.588. The van der Waals surface area contributed by atoms with E-state index in [9.17, 15) is 14.4 Å². The first-order valence-corrected chi connectivity index (χ1v) is 11.5. The van der Waals surface area contributed by atoms with E-state index in [0.29, 0.717) is 13.0 Å². The van der Waals surface area contributed by atoms with E-state index >= 15 is 0 Å². The van der Waals surface area contributed by atoms with Gasteiger partial charge in [0.05, 0.1) is 6.04 Å². The van der Waals surface area contributed by atoms with Crippen LogP contribution in [-0.4, -0.2) is 67.3 Å². The molecule has 2 saturated heterocycles. The van der Waals surface area contributed by atoms with Crippen molar-refractivity contribution >= 4 is 29.6 Å². The number of likely N-dealkylation sites (tertiary alicyclic amines) is 1. The number of carbonyl (C=O) groups is 3. The fraction of sp³-hybridized carbons (Fsp3) is 0.737. The Hall–Kier alpha value is -2.10. The molecule has 1 saturated carbocycles. The minimum Gasteiger partial charge on any atom is -0.331 e. The summed E-state index contributed by atoms with van der Waals surface area (Å²) in [5.41, 5.74) is -0.836. The fourth-order valence-electron chi connectivity index (χ4n) is 4.99. The maximum absolute atomic E-state index is 13.1. The van der Waals surface area contributed by atoms with Crippen molar-refractivity contribution in [1.82, 2.24) is 29.9 Å². The van der Waals surface area contributed by atoms with Gasteiger partial charge in [0, 0.05) is 13.6 Å². The van der Waals surface area contributed by atoms with E-state index in [1.54, 1.807) is 4.90 Å². The molecule has 1 aromatic heterocycles. The molecule has 0 bridgehead atoms. The molecule has 0 unspecified atom stereocenters. The fourth-order valence-corrected chi connectivity index (χ4v) is 5.48. The summed E-state index contributed by atoms with van der Waals surface area (Å²) in [6, 6.07) is -0.625. The molecule has 0 aromatic carbocycles. The highest BCUT2D eigenvalue weighted by molar-refractivity contribution is 7.98. The van der Waals surface area contributed by atoms with Crippen LogP contribution < -0.4 is 5.32 Å². The number of aromatic nitrogens is 3. The van der Waals surface area contributed by atoms with Crippen LogP contribution in [0.4, 0.5) is 4.79 Å². The van der Waals surface area contributed by atoms with Crippen LogP contribution in [0.1, 0.15) is 57.3 Å². The molecule has 1 aliphatic carbocycles. The molecular formula is C19H28N6O3S. The largest absolute Gasteiger partial charge is 0.331 e. The lowest BCUT2D eigenvalue weighted by Gasteiger charge is -2.36. The smallest absolute Gasteiger partial charge is 0.325 e. The first-order chi connectivity index (χ1) is 13.9. The summed E-state index contributed by atoms with van der Waals surface area (Å²) in [6.45, 7) is 2.38. The van der Waals surface area contributed by atoms with E-state index in [1.807, 2.05) is 24.8 Å². The van der Waals surface area contributed by atoms with Crippen LogP contribution in [-0.2, 0) is 16.6 Å². The molecule has 1 aromatic rings. The summed E-state index contributed by atoms with van der Waals surface area (Å²) in [7, 11) is 1.90. The van der Waals surface area contributed by atoms with Gasteiger partial charge in [-0.1, -0.05) is 31.5 Å². The molecule has 10 heteroatoms. The Labute approximate surface area is 174 Å². The van der Waals surface area contributed by atoms with Crippen LogP contribution >= 0.6 is 11.8 Å². The van der Waals surface area contributed by atoms with Gasteiger partial charge in [0.2, 0.25) is 5.91 Å². The number of imide groups is 1. The van der Waals surface area contributed by atoms with Gasteiger partial charge in [-0.05, 0) is 37.9 Å². The Kier molecular flexibility index (Phi) is 5.30. The van der Waals surface area contributed by atoms with Crippen molar-refractivity contribution in [2.45, 2.75) is 62.2 Å². The SMILES string of the molecule is CSc1nnc([C@@H]2CCCN2C(=O)CN2C(=O)N[C@@]3(CCCC[C@@H]3C)C2=O)n1C. The third-order valence-corrected chi connectivity index (χ3v) is 7.44. The second-order valence-corrected chi connectivity index (χ2v) is 9.06. The zero-order valence-corrected chi connectivity index (χ0v) is 18.0. The summed E-state index contributed by atoms with van der Waals surface area (Å²) < 4.78 is 1.91. The first kappa shape index (κ1) is 20.2. The van der Waals surface area contributed by atoms with Crippen molar-refractivity contribution < 1.29 is 14.4 Å². The highest BCUT2D eigenvalue weighted by atomic mass is 32.2. The average molecular weight is 421 g/mol. The average Bonchev–Trinajstić information content (AvgIpc) is 3.38. The Morgan fingerprint density at radius 1 is 1.24 bits per heavy atom. The predicted octanol–water partition coefficient (Wildman–Crippen LogP) is 1.70. The van der Waals surface area contributed by atoms with Crippen molar-refractivity contribution in [2.24, 2.45) is 13.0 Å². The van der Waals surface area contributed by atoms with Gasteiger partial charge in [0.1, 0.15) is 12.1 Å². The van der Waals surface area contributed by atoms with Gasteiger partial charge in [-0.25, -0.2) is 4.79 Å². The van der Waals surface area contributed by atoms with Crippen molar-refractivity contribution in [1.29, 1.82) is 0 Å². The van der Waals surface area contributed by atoms with Crippen molar-refractivity contribution in [3.63, 3.8) is 0 Å². The number of hydrogen-bond donors (Lipinski definition) is 1. The van der Waals surface area contributed by atoms with Gasteiger partial charge in [-0.15, -0.1) is 10.2 Å². The number of rotatable bonds is 4. The third kappa shape index (κ3) is 3.21. The highest BCUT2D eigenvalue weighted by Gasteiger charge is 2.55. The molecule has 0 radical (unpaired) electrons. The summed E-state index contributed by atoms with van der Waals surface area (Å²) in [5, 5.41) is 12.2. The molecule has 1 spiro atoms. The van der Waals surface area contributed by atoms with Gasteiger partial charge >= 0.3 is 6.03 Å². The maximum atomic E-state index is 13.1. The number of urea groups is 1. The van der Waals surface area contributed by atoms with Crippen molar-refractivity contribution in [2.75, 3.05) is 19.3 Å². The molecule has 4 amide bonds. The number of carbonyl (C=O) groups excluding carboxylic acids is 3. The zero-order valence-electron chi connectivity index (χ0n) is 17.2. The van der Waals surface area contributed by atoms with E-state index < -0.39 is 11.6 Å². The molecule has 158 valence electrons. The third-order valence-electron chi connectivity index (χ3n) is 6.72. The predicted molar refractivity (Wildman–Crippen MR) is 107 cm³/mol. The Morgan fingerprint density at radius 2 is 2.03 bits per heavy atom. The van der Waals surface area contributed by atoms with Gasteiger partial charge in [-0.2, -0.15) is 0 Å². The van der Waals surface area contributed by atoms with E-state index in [4.69, 9.17) is 0 Å². The van der Waals surface area contributed by atoms with E-state index in [2.05, 4.69) is 15.5 Å². The van der Waals surface area contributed by atoms with Gasteiger partial charge in [-0.3, -0.25) is 14.5 Å². The molecule has 2 aliphatic heterocycles. The minimum absolute atomic E-state index is 0.0796. The summed E-state index contributed by atoms with van der Waals surface area (Å²) in [5.74, 6) is 0.359. The van der Waals surface area contributed by atoms with Gasteiger partial charge in [0.25, 0.3) is 5.91 Å². The second kappa shape index (κ2) is 7.62. The molecule has 4 rings (SSSR count). The number of amides is 4. The Bertz CT molecular complexity index is 842. The Morgan fingerprint density at radius 3 is 2.72 bits per heavy atom. The zero-order chi connectivity index (χ0) is 20.8. The molecular weight excluding hydrogens is 392 g/mol. The highest BCUT2D eigenvalue weighted by Crippen LogP contribution is 2.38. The van der Waals surface area contributed by atoms with E-state index in [1.165, 1.54) is 11.8 Å². The molecule has 3 atom stereocenters. The van der Waals surface area contributed by atoms with Crippen LogP contribution in [0.5, 0.6) is 0 Å². The van der Waals surface area contributed by atoms with Crippen LogP contribution in [0.2, 0.25) is 0 Å². The standard InChI is InChI=1S/C19H28N6O3S/c1-12-7-4-5-9-19(12)16(27)25(17(28)20-19)11-14(26)24-10-6-8-13(24)15-21-22-18(29-3)23(15)2/h12-13H,4-11H2,1-3H3,(H,20,28)/t12-,13-,19+/m0/s1. The van der Waals surface area contributed by atoms with Gasteiger partial charge in [0.15, 0.2) is 11.0 Å². The number of hydrogen-bond acceptors (Lipinski definition) is 6. The normalized spacial score (nSPS) is 29.8. The molecule has 9 nitrogen and oxygen atoms in total. The summed E-state index contributed by atoms with van der Waals surface area (Å²) in [6.07, 6.45) is 7.13. The maximum Gasteiger partial charge on any atom is 0.325 e. The number of thioether (sulfide) groups is 1. The van der Waals surface area contributed by atoms with Gasteiger partial charge < -0.3 is 14.8 Å². The minimum atomic E-state index is -0.836. The number of nitrogens with zero attached hydrogens (tertiary/aromatic N) is 5. The molecule has 3 aliphatic rings. The monoisotopic (exact) mass is 420 g/mol. The van der Waals surface area contributed by atoms with Crippen molar-refractivity contribution in [3.05, 3.63) is 5.82 Å². The second-order valence-electron chi connectivity index (χ2n) is 8.29. The van der Waals surface area contributed by atoms with Crippen molar-refractivity contribution in [3.8, 4) is 0 Å². The topological polar surface area (TPSA) is 100 Å². The molecule has 3 fully saturated rings. The summed E-state index contributed by atoms with van der Waals surface area (Å²) >= 11 is 1.50. The van der Waals surface area contributed by atoms with Crippen LogP contribution in [0, 0.1) is 5.92 Å². The van der Waals surface area contributed by atoms with Crippen LogP contribution in [0.15, 0.2) is 5.16 Å². The lowest BCUT2D eigenvalue weighted by Crippen LogP contribution is -2.54. The van der Waals surface area contributed by atoms with Crippen LogP contribution in [0.25, 0.3) is 0 Å². The van der Waals surface area contributed by atoms with E-state index in [-0.39, 0.29) is 30.3 Å². The number of nitrogens with one attached hydrogen (secondary N) is 1.